The van der Waals surface area contributed by atoms with E-state index in [0.29, 0.717) is 12.8 Å². The summed E-state index contributed by atoms with van der Waals surface area (Å²) in [7, 11) is 0. The number of hydrogen-bond donors (Lipinski definition) is 2. The summed E-state index contributed by atoms with van der Waals surface area (Å²) in [5, 5.41) is 8.29. The second-order valence-electron chi connectivity index (χ2n) is 6.59. The highest BCUT2D eigenvalue weighted by Crippen LogP contribution is 2.23. The molecule has 30 heavy (non-hydrogen) atoms. The Kier molecular flexibility index (Phi) is 10.9. The van der Waals surface area contributed by atoms with Crippen LogP contribution in [0.2, 0.25) is 0 Å². The first-order valence-electron chi connectivity index (χ1n) is 9.53. The highest BCUT2D eigenvalue weighted by atomic mass is 79.9. The number of hydrazone groups is 2. The number of carbonyl (C=O) groups excluding carboxylic acids is 2. The van der Waals surface area contributed by atoms with Crippen molar-refractivity contribution in [2.75, 3.05) is 0 Å². The Morgan fingerprint density at radius 3 is 1.50 bits per heavy atom. The monoisotopic (exact) mass is 574 g/mol. The average molecular weight is 576 g/mol. The first-order chi connectivity index (χ1) is 14.3. The fourth-order valence-corrected chi connectivity index (χ4v) is 5.12. The molecule has 0 spiro atoms. The Labute approximate surface area is 201 Å². The molecule has 6 nitrogen and oxygen atoms in total. The molecule has 0 saturated heterocycles. The Morgan fingerprint density at radius 2 is 1.17 bits per heavy atom. The van der Waals surface area contributed by atoms with Crippen LogP contribution in [-0.4, -0.2) is 23.2 Å². The molecule has 0 fully saturated rings. The Bertz CT molecular complexity index is 847. The van der Waals surface area contributed by atoms with Gasteiger partial charge in [-0.05, 0) is 82.8 Å². The average Bonchev–Trinajstić information content (AvgIpc) is 3.35. The summed E-state index contributed by atoms with van der Waals surface area (Å²) in [6, 6.07) is 7.84. The van der Waals surface area contributed by atoms with Gasteiger partial charge in [0.1, 0.15) is 0 Å². The van der Waals surface area contributed by atoms with E-state index in [4.69, 9.17) is 0 Å². The van der Waals surface area contributed by atoms with Crippen molar-refractivity contribution in [1.82, 2.24) is 10.9 Å². The number of unbranched alkanes of at least 4 members (excludes halogenated alkanes) is 3. The molecule has 0 aromatic carbocycles. The number of carbonyl (C=O) groups is 2. The van der Waals surface area contributed by atoms with E-state index >= 15 is 0 Å². The summed E-state index contributed by atoms with van der Waals surface area (Å²) in [5.74, 6) is -0.180. The summed E-state index contributed by atoms with van der Waals surface area (Å²) in [6.45, 7) is 3.74. The van der Waals surface area contributed by atoms with E-state index in [2.05, 4.69) is 52.9 Å². The molecule has 0 saturated carbocycles. The molecule has 10 heteroatoms. The van der Waals surface area contributed by atoms with Gasteiger partial charge in [0.25, 0.3) is 0 Å². The van der Waals surface area contributed by atoms with E-state index in [1.807, 2.05) is 38.1 Å². The molecule has 2 heterocycles. The van der Waals surface area contributed by atoms with Crippen LogP contribution in [0.3, 0.4) is 0 Å². The normalized spacial score (nSPS) is 12.1. The van der Waals surface area contributed by atoms with Gasteiger partial charge in [0, 0.05) is 12.8 Å². The zero-order chi connectivity index (χ0) is 21.9. The predicted octanol–water partition coefficient (Wildman–Crippen LogP) is 6.06. The number of hydrogen-bond acceptors (Lipinski definition) is 6. The van der Waals surface area contributed by atoms with E-state index in [1.54, 1.807) is 22.7 Å². The Hall–Kier alpha value is -1.36. The van der Waals surface area contributed by atoms with Crippen molar-refractivity contribution in [2.45, 2.75) is 52.4 Å². The molecule has 2 N–H and O–H groups in total. The molecule has 0 bridgehead atoms. The summed E-state index contributed by atoms with van der Waals surface area (Å²) in [4.78, 5) is 25.8. The minimum atomic E-state index is -0.0901. The van der Waals surface area contributed by atoms with Gasteiger partial charge in [0.15, 0.2) is 0 Å². The maximum absolute atomic E-state index is 11.9. The van der Waals surface area contributed by atoms with Crippen LogP contribution >= 0.6 is 54.5 Å². The smallest absolute Gasteiger partial charge is 0.240 e. The molecular formula is C20H24Br2N4O2S2. The maximum atomic E-state index is 11.9. The number of nitrogens with one attached hydrogen (secondary N) is 2. The van der Waals surface area contributed by atoms with Crippen LogP contribution in [0, 0.1) is 0 Å². The molecule has 0 aliphatic heterocycles. The molecule has 2 amide bonds. The van der Waals surface area contributed by atoms with Crippen LogP contribution in [0.15, 0.2) is 42.0 Å². The van der Waals surface area contributed by atoms with Gasteiger partial charge in [-0.25, -0.2) is 10.9 Å². The minimum Gasteiger partial charge on any atom is -0.273 e. The van der Waals surface area contributed by atoms with Crippen LogP contribution in [0.1, 0.15) is 62.1 Å². The van der Waals surface area contributed by atoms with E-state index in [1.165, 1.54) is 0 Å². The molecular weight excluding hydrogens is 552 g/mol. The van der Waals surface area contributed by atoms with Crippen LogP contribution in [-0.2, 0) is 9.59 Å². The molecule has 0 aliphatic carbocycles. The third-order valence-electron chi connectivity index (χ3n) is 4.11. The van der Waals surface area contributed by atoms with E-state index < -0.39 is 0 Å². The summed E-state index contributed by atoms with van der Waals surface area (Å²) >= 11 is 9.97. The van der Waals surface area contributed by atoms with Gasteiger partial charge in [-0.15, -0.1) is 22.7 Å². The van der Waals surface area contributed by atoms with E-state index in [9.17, 15) is 9.59 Å². The van der Waals surface area contributed by atoms with E-state index in [-0.39, 0.29) is 11.8 Å². The zero-order valence-electron chi connectivity index (χ0n) is 16.8. The van der Waals surface area contributed by atoms with Gasteiger partial charge in [-0.1, -0.05) is 12.8 Å². The number of nitrogens with zero attached hydrogens (tertiary/aromatic N) is 2. The van der Waals surface area contributed by atoms with E-state index in [0.717, 1.165) is 54.4 Å². The number of thiophene rings is 2. The lowest BCUT2D eigenvalue weighted by atomic mass is 10.1. The van der Waals surface area contributed by atoms with Gasteiger partial charge < -0.3 is 0 Å². The van der Waals surface area contributed by atoms with Gasteiger partial charge in [0.2, 0.25) is 11.8 Å². The predicted molar refractivity (Wildman–Crippen MR) is 132 cm³/mol. The third kappa shape index (κ3) is 9.20. The molecule has 0 unspecified atom stereocenters. The number of amides is 2. The van der Waals surface area contributed by atoms with Crippen molar-refractivity contribution in [1.29, 1.82) is 0 Å². The van der Waals surface area contributed by atoms with Crippen molar-refractivity contribution >= 4 is 77.8 Å². The fourth-order valence-electron chi connectivity index (χ4n) is 2.46. The van der Waals surface area contributed by atoms with Crippen LogP contribution < -0.4 is 10.9 Å². The zero-order valence-corrected chi connectivity index (χ0v) is 21.6. The highest BCUT2D eigenvalue weighted by molar-refractivity contribution is 9.11. The van der Waals surface area contributed by atoms with Crippen molar-refractivity contribution in [3.05, 3.63) is 41.6 Å². The van der Waals surface area contributed by atoms with Gasteiger partial charge in [-0.3, -0.25) is 9.59 Å². The largest absolute Gasteiger partial charge is 0.273 e. The highest BCUT2D eigenvalue weighted by Gasteiger charge is 2.06. The lowest BCUT2D eigenvalue weighted by Gasteiger charge is -2.03. The topological polar surface area (TPSA) is 82.9 Å². The molecule has 2 rings (SSSR count). The van der Waals surface area contributed by atoms with Crippen molar-refractivity contribution < 1.29 is 9.59 Å². The van der Waals surface area contributed by atoms with Gasteiger partial charge >= 0.3 is 0 Å². The lowest BCUT2D eigenvalue weighted by Crippen LogP contribution is -2.19. The van der Waals surface area contributed by atoms with Crippen molar-refractivity contribution in [2.24, 2.45) is 10.2 Å². The quantitative estimate of drug-likeness (QED) is 0.194. The second kappa shape index (κ2) is 13.1. The first-order valence-corrected chi connectivity index (χ1v) is 12.7. The molecule has 2 aromatic rings. The summed E-state index contributed by atoms with van der Waals surface area (Å²) in [5.41, 5.74) is 6.78. The molecule has 0 aliphatic rings. The van der Waals surface area contributed by atoms with Crippen LogP contribution in [0.4, 0.5) is 0 Å². The number of halogens is 2. The van der Waals surface area contributed by atoms with Crippen molar-refractivity contribution in [3.63, 3.8) is 0 Å². The Morgan fingerprint density at radius 1 is 0.767 bits per heavy atom. The number of rotatable bonds is 11. The van der Waals surface area contributed by atoms with Gasteiger partial charge in [0.05, 0.1) is 28.8 Å². The van der Waals surface area contributed by atoms with Crippen LogP contribution in [0.5, 0.6) is 0 Å². The molecule has 2 aromatic heterocycles. The molecule has 0 atom stereocenters. The van der Waals surface area contributed by atoms with Crippen LogP contribution in [0.25, 0.3) is 0 Å². The Balaban J connectivity index is 1.54. The maximum Gasteiger partial charge on any atom is 0.240 e. The second-order valence-corrected chi connectivity index (χ2v) is 11.5. The third-order valence-corrected chi connectivity index (χ3v) is 7.58. The molecule has 0 radical (unpaired) electrons. The molecule has 162 valence electrons. The summed E-state index contributed by atoms with van der Waals surface area (Å²) in [6.07, 6.45) is 4.20. The fraction of sp³-hybridized carbons (Fsp3) is 0.400. The standard InChI is InChI=1S/C20H24Br2N4O2S2/c1-13(15-9-11-17(21)29-15)23-25-19(27)7-5-3-4-6-8-20(28)26-24-14(2)16-10-12-18(22)30-16/h9-12H,3-8H2,1-2H3,(H,25,27)(H,26,28). The van der Waals surface area contributed by atoms with Crippen molar-refractivity contribution in [3.8, 4) is 0 Å². The lowest BCUT2D eigenvalue weighted by molar-refractivity contribution is -0.122. The minimum absolute atomic E-state index is 0.0901. The SMILES string of the molecule is CC(=NNC(=O)CCCCCCC(=O)NN=C(C)c1ccc(Br)s1)c1ccc(Br)s1. The van der Waals surface area contributed by atoms with Gasteiger partial charge in [-0.2, -0.15) is 10.2 Å². The first kappa shape index (κ1) is 24.9. The summed E-state index contributed by atoms with van der Waals surface area (Å²) < 4.78 is 2.06.